The van der Waals surface area contributed by atoms with E-state index in [2.05, 4.69) is 32.3 Å². The molecule has 13 nitrogen and oxygen atoms in total. The van der Waals surface area contributed by atoms with E-state index in [4.69, 9.17) is 14.0 Å². The second kappa shape index (κ2) is 19.8. The number of amides is 3. The third-order valence-corrected chi connectivity index (χ3v) is 18.6. The Morgan fingerprint density at radius 3 is 2.35 bits per heavy atom. The first-order valence-electron chi connectivity index (χ1n) is 24.3. The van der Waals surface area contributed by atoms with E-state index in [9.17, 15) is 28.1 Å². The third-order valence-electron chi connectivity index (χ3n) is 15.3. The van der Waals surface area contributed by atoms with Gasteiger partial charge < -0.3 is 34.0 Å². The van der Waals surface area contributed by atoms with E-state index in [1.807, 2.05) is 25.2 Å². The van der Waals surface area contributed by atoms with Crippen LogP contribution < -0.4 is 14.9 Å². The molecule has 0 bridgehead atoms. The van der Waals surface area contributed by atoms with Gasteiger partial charge >= 0.3 is 13.5 Å². The van der Waals surface area contributed by atoms with Gasteiger partial charge in [-0.2, -0.15) is 0 Å². The van der Waals surface area contributed by atoms with E-state index in [1.54, 1.807) is 49.1 Å². The Labute approximate surface area is 407 Å². The van der Waals surface area contributed by atoms with Crippen molar-refractivity contribution < 1.29 is 46.5 Å². The van der Waals surface area contributed by atoms with Crippen LogP contribution in [0.2, 0.25) is 0 Å². The van der Waals surface area contributed by atoms with Gasteiger partial charge in [-0.25, -0.2) is 13.9 Å². The number of ether oxygens (including phenoxy) is 2. The van der Waals surface area contributed by atoms with E-state index < -0.39 is 55.2 Å². The fourth-order valence-corrected chi connectivity index (χ4v) is 13.7. The maximum atomic E-state index is 16.9. The van der Waals surface area contributed by atoms with Crippen LogP contribution in [0.4, 0.5) is 8.78 Å². The molecule has 5 fully saturated rings. The molecule has 3 aromatic carbocycles. The average molecular weight is 988 g/mol. The molecule has 17 heteroatoms. The lowest BCUT2D eigenvalue weighted by molar-refractivity contribution is -0.153. The summed E-state index contributed by atoms with van der Waals surface area (Å²) in [5.74, 6) is -3.44. The summed E-state index contributed by atoms with van der Waals surface area (Å²) in [4.78, 5) is 63.5. The molecule has 2 saturated carbocycles. The van der Waals surface area contributed by atoms with Crippen LogP contribution in [0.15, 0.2) is 84.9 Å². The van der Waals surface area contributed by atoms with Crippen LogP contribution in [-0.4, -0.2) is 119 Å². The van der Waals surface area contributed by atoms with Gasteiger partial charge in [0.05, 0.1) is 10.5 Å². The number of hydrogen-bond donors (Lipinski definition) is 2. The number of thiophene rings is 1. The fourth-order valence-electron chi connectivity index (χ4n) is 10.8. The molecule has 2 aliphatic carbocycles. The monoisotopic (exact) mass is 987 g/mol. The highest BCUT2D eigenvalue weighted by atomic mass is 32.1. The highest BCUT2D eigenvalue weighted by Crippen LogP contribution is 2.58. The molecule has 370 valence electrons. The van der Waals surface area contributed by atoms with E-state index in [1.165, 1.54) is 55.2 Å². The zero-order valence-electron chi connectivity index (χ0n) is 40.0. The van der Waals surface area contributed by atoms with Crippen LogP contribution in [0.25, 0.3) is 10.1 Å². The van der Waals surface area contributed by atoms with Crippen LogP contribution in [-0.2, 0) is 28.4 Å². The van der Waals surface area contributed by atoms with Gasteiger partial charge in [0.2, 0.25) is 17.7 Å². The lowest BCUT2D eigenvalue weighted by Crippen LogP contribution is -2.59. The molecule has 69 heavy (non-hydrogen) atoms. The smallest absolute Gasteiger partial charge is 0.355 e. The highest BCUT2D eigenvalue weighted by molar-refractivity contribution is 7.57. The quantitative estimate of drug-likeness (QED) is 0.0824. The predicted molar refractivity (Wildman–Crippen MR) is 261 cm³/mol. The van der Waals surface area contributed by atoms with Crippen LogP contribution in [0.5, 0.6) is 5.75 Å². The number of carbonyl (C=O) groups is 4. The van der Waals surface area contributed by atoms with Gasteiger partial charge in [0.25, 0.3) is 5.91 Å². The summed E-state index contributed by atoms with van der Waals surface area (Å²) in [6.45, 7) is 5.41. The number of halogens is 2. The summed E-state index contributed by atoms with van der Waals surface area (Å²) in [5, 5.41) is 6.17. The van der Waals surface area contributed by atoms with Gasteiger partial charge in [0, 0.05) is 47.9 Å². The first-order valence-corrected chi connectivity index (χ1v) is 26.8. The van der Waals surface area contributed by atoms with Crippen molar-refractivity contribution >= 4 is 52.6 Å². The molecule has 1 unspecified atom stereocenters. The molecule has 9 rings (SSSR count). The first kappa shape index (κ1) is 49.3. The number of hydrogen-bond acceptors (Lipinski definition) is 10. The van der Waals surface area contributed by atoms with E-state index in [0.717, 1.165) is 19.3 Å². The number of alkyl halides is 2. The zero-order valence-corrected chi connectivity index (χ0v) is 41.7. The van der Waals surface area contributed by atoms with Crippen molar-refractivity contribution in [1.82, 2.24) is 25.1 Å². The number of nitrogens with one attached hydrogen (secondary N) is 2. The molecule has 3 saturated heterocycles. The number of para-hydroxylation sites is 1. The van der Waals surface area contributed by atoms with Crippen molar-refractivity contribution in [3.8, 4) is 5.75 Å². The number of carbonyl (C=O) groups excluding carboxylic acids is 4. The van der Waals surface area contributed by atoms with Crippen molar-refractivity contribution in [2.45, 2.75) is 150 Å². The zero-order chi connectivity index (χ0) is 48.8. The number of methoxy groups -OCH3 is 1. The number of benzene rings is 3. The van der Waals surface area contributed by atoms with Crippen molar-refractivity contribution in [3.63, 3.8) is 0 Å². The molecule has 4 heterocycles. The summed E-state index contributed by atoms with van der Waals surface area (Å²) >= 11 is 1.17. The number of esters is 1. The van der Waals surface area contributed by atoms with Crippen LogP contribution in [0.1, 0.15) is 118 Å². The van der Waals surface area contributed by atoms with Crippen LogP contribution in [0, 0.1) is 0 Å². The molecule has 1 spiro atoms. The number of rotatable bonds is 16. The fraction of sp³-hybridized carbons (Fsp3) is 0.538. The van der Waals surface area contributed by atoms with E-state index >= 15 is 4.39 Å². The van der Waals surface area contributed by atoms with E-state index in [-0.39, 0.29) is 64.2 Å². The summed E-state index contributed by atoms with van der Waals surface area (Å²) < 4.78 is 62.8. The summed E-state index contributed by atoms with van der Waals surface area (Å²) in [5.41, 5.74) is 0.240. The minimum atomic E-state index is -4.55. The topological polar surface area (TPSA) is 147 Å². The molecule has 3 aliphatic heterocycles. The Morgan fingerprint density at radius 1 is 0.957 bits per heavy atom. The van der Waals surface area contributed by atoms with E-state index in [0.29, 0.717) is 61.6 Å². The molecule has 8 atom stereocenters. The van der Waals surface area contributed by atoms with Gasteiger partial charge in [-0.1, -0.05) is 54.6 Å². The normalized spacial score (nSPS) is 27.2. The van der Waals surface area contributed by atoms with Gasteiger partial charge in [0.15, 0.2) is 0 Å². The first-order chi connectivity index (χ1) is 33.0. The van der Waals surface area contributed by atoms with Gasteiger partial charge in [0.1, 0.15) is 36.7 Å². The molecule has 5 aliphatic rings. The summed E-state index contributed by atoms with van der Waals surface area (Å²) in [6.07, 6.45) is 5.70. The minimum absolute atomic E-state index is 0.00661. The van der Waals surface area contributed by atoms with Gasteiger partial charge in [-0.3, -0.25) is 23.7 Å². The Kier molecular flexibility index (Phi) is 14.1. The Hall–Kier alpha value is -4.73. The van der Waals surface area contributed by atoms with Crippen LogP contribution in [0.3, 0.4) is 0 Å². The van der Waals surface area contributed by atoms with Gasteiger partial charge in [-0.15, -0.1) is 11.3 Å². The lowest BCUT2D eigenvalue weighted by Gasteiger charge is -2.45. The summed E-state index contributed by atoms with van der Waals surface area (Å²) in [7, 11) is -1.04. The second-order valence-corrected chi connectivity index (χ2v) is 23.7. The van der Waals surface area contributed by atoms with Crippen molar-refractivity contribution in [2.24, 2.45) is 0 Å². The highest BCUT2D eigenvalue weighted by Gasteiger charge is 2.59. The Morgan fingerprint density at radius 2 is 1.67 bits per heavy atom. The molecular weight excluding hydrogens is 924 g/mol. The second-order valence-electron chi connectivity index (χ2n) is 20.5. The minimum Gasteiger partial charge on any atom is -0.461 e. The van der Waals surface area contributed by atoms with Crippen molar-refractivity contribution in [2.75, 3.05) is 27.3 Å². The average Bonchev–Trinajstić information content (AvgIpc) is 3.60. The molecule has 4 aromatic rings. The molecular formula is C52H64F2N5O8PS. The Balaban J connectivity index is 0.944. The number of nitrogens with zero attached hydrogens (tertiary/aromatic N) is 3. The summed E-state index contributed by atoms with van der Waals surface area (Å²) in [6, 6.07) is 21.7. The Bertz CT molecular complexity index is 2580. The van der Waals surface area contributed by atoms with Crippen LogP contribution >= 0.6 is 18.9 Å². The van der Waals surface area contributed by atoms with Gasteiger partial charge in [-0.05, 0) is 139 Å². The maximum Gasteiger partial charge on any atom is 0.355 e. The van der Waals surface area contributed by atoms with Crippen molar-refractivity contribution in [1.29, 1.82) is 0 Å². The SMILES string of the molecule is COC(C)(C)COC(=O)[C@H](C)NP(=O)(Oc1ccccc1)[C@@H](F)c1ccc2sc(C(=O)N[C@H]3CC[C@H](N(C)C4CC(F)C4)C[C@H]4CC[C@@H](C(=O)N5C[C@H](c6ccccc6)CC56CC6)N4C3=O)cc2c1. The molecule has 2 N–H and O–H groups in total. The third kappa shape index (κ3) is 10.4. The molecule has 3 amide bonds. The lowest BCUT2D eigenvalue weighted by atomic mass is 9.86. The number of likely N-dealkylation sites (tertiary alicyclic amines) is 1. The standard InChI is InChI=1S/C52H64F2N5O8PS/c1-32(50(63)66-31-51(2,3)65-5)56-68(64,67-41-14-10-7-11-15-41)46(54)34-16-21-44-35(24-34)25-45(69-44)47(60)55-42-19-17-38(57(4)40-26-37(53)27-40)28-39-18-20-43(59(39)48(42)61)49(62)58-30-36(29-52(58)22-23-52)33-12-8-6-9-13-33/h6-16,21,24-25,32,36-40,42-43,46H,17-20,22-23,26-31H2,1-5H3,(H,55,60)(H,56,64)/t32-,36+,37?,38-,39+,40?,42-,43-,46+,68?/m0/s1. The predicted octanol–water partition coefficient (Wildman–Crippen LogP) is 9.08. The maximum absolute atomic E-state index is 16.9. The molecule has 0 radical (unpaired) electrons. The van der Waals surface area contributed by atoms with Crippen molar-refractivity contribution in [3.05, 3.63) is 101 Å². The largest absolute Gasteiger partial charge is 0.461 e. The molecule has 1 aromatic heterocycles. The number of fused-ring (bicyclic) bond motifs is 2.